The Bertz CT molecular complexity index is 1190. The van der Waals surface area contributed by atoms with Gasteiger partial charge in [-0.15, -0.1) is 0 Å². The van der Waals surface area contributed by atoms with Crippen molar-refractivity contribution in [3.63, 3.8) is 0 Å². The van der Waals surface area contributed by atoms with Crippen molar-refractivity contribution >= 4 is 21.8 Å². The molecule has 2 aromatic heterocycles. The molecule has 4 aromatic rings. The predicted octanol–water partition coefficient (Wildman–Crippen LogP) is 4.38. The van der Waals surface area contributed by atoms with Gasteiger partial charge < -0.3 is 14.7 Å². The topological polar surface area (TPSA) is 88.4 Å². The van der Waals surface area contributed by atoms with Crippen LogP contribution in [0.25, 0.3) is 21.8 Å². The maximum atomic E-state index is 9.95. The van der Waals surface area contributed by atoms with Crippen LogP contribution in [0.5, 0.6) is 5.75 Å². The SMILES string of the molecule is COc1ccc([C@@H](C#N)c2c[nH]c3ccccc23)c2[nH]cc(CC#N)c12. The molecule has 2 aromatic carbocycles. The Kier molecular flexibility index (Phi) is 3.84. The number of para-hydroxylation sites is 1. The summed E-state index contributed by atoms with van der Waals surface area (Å²) in [7, 11) is 1.61. The molecule has 0 aliphatic rings. The van der Waals surface area contributed by atoms with Crippen LogP contribution in [0.15, 0.2) is 48.8 Å². The molecule has 26 heavy (non-hydrogen) atoms. The van der Waals surface area contributed by atoms with Crippen molar-refractivity contribution in [3.8, 4) is 17.9 Å². The molecule has 0 saturated heterocycles. The average molecular weight is 340 g/mol. The molecule has 1 atom stereocenters. The molecule has 0 fully saturated rings. The third kappa shape index (κ3) is 2.30. The molecule has 0 unspecified atom stereocenters. The molecule has 5 heteroatoms. The fourth-order valence-electron chi connectivity index (χ4n) is 3.58. The highest BCUT2D eigenvalue weighted by molar-refractivity contribution is 5.94. The standard InChI is InChI=1S/C21H16N4O/c1-26-19-7-6-15(21-20(19)13(8-9-22)11-25-21)16(10-23)17-12-24-18-5-3-2-4-14(17)18/h2-7,11-12,16,24-25H,8H2,1H3/t16-/m1/s1. The fourth-order valence-corrected chi connectivity index (χ4v) is 3.58. The summed E-state index contributed by atoms with van der Waals surface area (Å²) in [5.41, 5.74) is 4.52. The molecule has 0 spiro atoms. The Morgan fingerprint density at radius 2 is 1.88 bits per heavy atom. The van der Waals surface area contributed by atoms with Crippen molar-refractivity contribution in [2.24, 2.45) is 0 Å². The number of aromatic amines is 2. The number of ether oxygens (including phenoxy) is 1. The van der Waals surface area contributed by atoms with Gasteiger partial charge in [-0.3, -0.25) is 0 Å². The number of H-pyrrole nitrogens is 2. The zero-order valence-electron chi connectivity index (χ0n) is 14.2. The number of nitrogens with zero attached hydrogens (tertiary/aromatic N) is 2. The van der Waals surface area contributed by atoms with E-state index in [1.54, 1.807) is 7.11 Å². The molecule has 2 heterocycles. The first-order valence-electron chi connectivity index (χ1n) is 8.28. The molecule has 0 bridgehead atoms. The van der Waals surface area contributed by atoms with Gasteiger partial charge in [-0.1, -0.05) is 24.3 Å². The number of nitrogens with one attached hydrogen (secondary N) is 2. The number of methoxy groups -OCH3 is 1. The van der Waals surface area contributed by atoms with Crippen molar-refractivity contribution in [1.82, 2.24) is 9.97 Å². The molecule has 0 amide bonds. The van der Waals surface area contributed by atoms with Crippen molar-refractivity contribution < 1.29 is 4.74 Å². The molecule has 2 N–H and O–H groups in total. The zero-order valence-corrected chi connectivity index (χ0v) is 14.2. The van der Waals surface area contributed by atoms with Gasteiger partial charge in [-0.2, -0.15) is 10.5 Å². The minimum Gasteiger partial charge on any atom is -0.496 e. The number of hydrogen-bond donors (Lipinski definition) is 2. The van der Waals surface area contributed by atoms with Crippen LogP contribution in [-0.4, -0.2) is 17.1 Å². The van der Waals surface area contributed by atoms with Crippen molar-refractivity contribution in [3.05, 3.63) is 65.5 Å². The fraction of sp³-hybridized carbons (Fsp3) is 0.143. The van der Waals surface area contributed by atoms with E-state index in [1.807, 2.05) is 48.8 Å². The summed E-state index contributed by atoms with van der Waals surface area (Å²) in [4.78, 5) is 6.49. The van der Waals surface area contributed by atoms with Crippen LogP contribution in [0.4, 0.5) is 0 Å². The van der Waals surface area contributed by atoms with Crippen LogP contribution in [0.1, 0.15) is 22.6 Å². The maximum absolute atomic E-state index is 9.95. The highest BCUT2D eigenvalue weighted by Crippen LogP contribution is 2.38. The highest BCUT2D eigenvalue weighted by atomic mass is 16.5. The third-order valence-electron chi connectivity index (χ3n) is 4.77. The van der Waals surface area contributed by atoms with Gasteiger partial charge in [-0.25, -0.2) is 0 Å². The normalized spacial score (nSPS) is 12.0. The van der Waals surface area contributed by atoms with Crippen LogP contribution < -0.4 is 4.74 Å². The second-order valence-corrected chi connectivity index (χ2v) is 6.11. The van der Waals surface area contributed by atoms with Gasteiger partial charge in [0.05, 0.1) is 31.2 Å². The quantitative estimate of drug-likeness (QED) is 0.578. The average Bonchev–Trinajstić information content (AvgIpc) is 3.28. The summed E-state index contributed by atoms with van der Waals surface area (Å²) in [5.74, 6) is 0.263. The lowest BCUT2D eigenvalue weighted by Gasteiger charge is -2.13. The summed E-state index contributed by atoms with van der Waals surface area (Å²) < 4.78 is 5.48. The van der Waals surface area contributed by atoms with Gasteiger partial charge >= 0.3 is 0 Å². The number of rotatable bonds is 4. The van der Waals surface area contributed by atoms with Crippen LogP contribution in [0.2, 0.25) is 0 Å². The lowest BCUT2D eigenvalue weighted by molar-refractivity contribution is 0.419. The van der Waals surface area contributed by atoms with E-state index in [0.717, 1.165) is 38.5 Å². The molecule has 0 radical (unpaired) electrons. The van der Waals surface area contributed by atoms with Crippen LogP contribution in [0, 0.1) is 22.7 Å². The molecular formula is C21H16N4O. The number of hydrogen-bond acceptors (Lipinski definition) is 3. The molecular weight excluding hydrogens is 324 g/mol. The number of benzene rings is 2. The number of nitriles is 2. The van der Waals surface area contributed by atoms with E-state index in [9.17, 15) is 5.26 Å². The van der Waals surface area contributed by atoms with E-state index in [1.165, 1.54) is 0 Å². The van der Waals surface area contributed by atoms with E-state index in [0.29, 0.717) is 5.75 Å². The summed E-state index contributed by atoms with van der Waals surface area (Å²) in [6.45, 7) is 0. The Morgan fingerprint density at radius 1 is 1.04 bits per heavy atom. The number of aromatic nitrogens is 2. The minimum absolute atomic E-state index is 0.282. The molecule has 0 aliphatic carbocycles. The van der Waals surface area contributed by atoms with Gasteiger partial charge in [0.1, 0.15) is 11.7 Å². The third-order valence-corrected chi connectivity index (χ3v) is 4.77. The lowest BCUT2D eigenvalue weighted by atomic mass is 9.90. The van der Waals surface area contributed by atoms with Gasteiger partial charge in [0.15, 0.2) is 0 Å². The Hall–Kier alpha value is -3.70. The first-order valence-corrected chi connectivity index (χ1v) is 8.28. The molecule has 126 valence electrons. The second kappa shape index (κ2) is 6.31. The van der Waals surface area contributed by atoms with Crippen molar-refractivity contribution in [2.45, 2.75) is 12.3 Å². The van der Waals surface area contributed by atoms with Crippen molar-refractivity contribution in [2.75, 3.05) is 7.11 Å². The Balaban J connectivity index is 1.96. The molecule has 4 rings (SSSR count). The molecule has 0 aliphatic heterocycles. The van der Waals surface area contributed by atoms with E-state index in [-0.39, 0.29) is 6.42 Å². The van der Waals surface area contributed by atoms with Crippen LogP contribution in [0.3, 0.4) is 0 Å². The van der Waals surface area contributed by atoms with Gasteiger partial charge in [-0.05, 0) is 28.8 Å². The summed E-state index contributed by atoms with van der Waals surface area (Å²) in [5, 5.41) is 20.9. The van der Waals surface area contributed by atoms with Gasteiger partial charge in [0.2, 0.25) is 0 Å². The minimum atomic E-state index is -0.437. The molecule has 5 nitrogen and oxygen atoms in total. The summed E-state index contributed by atoms with van der Waals surface area (Å²) in [6.07, 6.45) is 4.00. The van der Waals surface area contributed by atoms with E-state index in [2.05, 4.69) is 22.1 Å². The predicted molar refractivity (Wildman–Crippen MR) is 99.9 cm³/mol. The Morgan fingerprint density at radius 3 is 2.65 bits per heavy atom. The second-order valence-electron chi connectivity index (χ2n) is 6.11. The largest absolute Gasteiger partial charge is 0.496 e. The lowest BCUT2D eigenvalue weighted by Crippen LogP contribution is -2.00. The maximum Gasteiger partial charge on any atom is 0.128 e. The number of fused-ring (bicyclic) bond motifs is 2. The smallest absolute Gasteiger partial charge is 0.128 e. The Labute approximate surface area is 150 Å². The van der Waals surface area contributed by atoms with Gasteiger partial charge in [0.25, 0.3) is 0 Å². The monoisotopic (exact) mass is 340 g/mol. The summed E-state index contributed by atoms with van der Waals surface area (Å²) in [6, 6.07) is 16.4. The highest BCUT2D eigenvalue weighted by Gasteiger charge is 2.22. The molecule has 0 saturated carbocycles. The van der Waals surface area contributed by atoms with E-state index >= 15 is 0 Å². The van der Waals surface area contributed by atoms with Gasteiger partial charge in [0, 0.05) is 28.7 Å². The van der Waals surface area contributed by atoms with E-state index in [4.69, 9.17) is 10.00 Å². The first kappa shape index (κ1) is 15.8. The van der Waals surface area contributed by atoms with Crippen LogP contribution in [-0.2, 0) is 6.42 Å². The first-order chi connectivity index (χ1) is 12.8. The summed E-state index contributed by atoms with van der Waals surface area (Å²) >= 11 is 0. The van der Waals surface area contributed by atoms with E-state index < -0.39 is 5.92 Å². The zero-order chi connectivity index (χ0) is 18.1. The van der Waals surface area contributed by atoms with Crippen LogP contribution >= 0.6 is 0 Å². The van der Waals surface area contributed by atoms with Crippen molar-refractivity contribution in [1.29, 1.82) is 10.5 Å².